The fourth-order valence-electron chi connectivity index (χ4n) is 6.29. The van der Waals surface area contributed by atoms with Gasteiger partial charge in [0.2, 0.25) is 5.87 Å². The number of hydrogen-bond acceptors (Lipinski definition) is 0. The molecule has 0 nitrogen and oxygen atoms in total. The molecule has 4 aromatic rings. The van der Waals surface area contributed by atoms with Gasteiger partial charge in [0.25, 0.3) is 0 Å². The van der Waals surface area contributed by atoms with Crippen LogP contribution in [0.25, 0.3) is 11.0 Å². The van der Waals surface area contributed by atoms with Gasteiger partial charge in [-0.2, -0.15) is 10.9 Å². The van der Waals surface area contributed by atoms with Gasteiger partial charge in [0, 0.05) is 19.5 Å². The molecule has 0 N–H and O–H groups in total. The summed E-state index contributed by atoms with van der Waals surface area (Å²) in [5.74, 6) is -1.12. The molecular formula is C32H34BP. The van der Waals surface area contributed by atoms with Gasteiger partial charge in [-0.25, -0.2) is 0 Å². The van der Waals surface area contributed by atoms with E-state index in [-0.39, 0.29) is 0 Å². The smallest absolute Gasteiger partial charge is 0.157 e. The van der Waals surface area contributed by atoms with Crippen LogP contribution >= 0.6 is 7.14 Å². The van der Waals surface area contributed by atoms with Crippen molar-refractivity contribution in [2.45, 2.75) is 20.8 Å². The zero-order valence-corrected chi connectivity index (χ0v) is 21.9. The van der Waals surface area contributed by atoms with Crippen LogP contribution in [0.3, 0.4) is 0 Å². The van der Waals surface area contributed by atoms with Crippen molar-refractivity contribution >= 4 is 35.0 Å². The van der Waals surface area contributed by atoms with Gasteiger partial charge in [-0.05, 0) is 31.9 Å². The molecule has 1 heterocycles. The lowest BCUT2D eigenvalue weighted by Gasteiger charge is -2.46. The van der Waals surface area contributed by atoms with E-state index in [0.717, 1.165) is 6.16 Å². The lowest BCUT2D eigenvalue weighted by atomic mass is 9.32. The summed E-state index contributed by atoms with van der Waals surface area (Å²) in [6.07, 6.45) is 1.15. The molecule has 1 aliphatic rings. The fourth-order valence-corrected chi connectivity index (χ4v) is 10.7. The van der Waals surface area contributed by atoms with Crippen molar-refractivity contribution in [3.05, 3.63) is 131 Å². The Labute approximate surface area is 206 Å². The highest BCUT2D eigenvalue weighted by Crippen LogP contribution is 2.71. The average molecular weight is 460 g/mol. The largest absolute Gasteiger partial charge is 0.247 e. The number of benzene rings is 4. The minimum atomic E-state index is -1.47. The van der Waals surface area contributed by atoms with Crippen molar-refractivity contribution < 1.29 is 0 Å². The van der Waals surface area contributed by atoms with Crippen LogP contribution < -0.4 is 10.9 Å². The summed E-state index contributed by atoms with van der Waals surface area (Å²) in [4.78, 5) is 0. The topological polar surface area (TPSA) is 0 Å². The number of rotatable bonds is 4. The van der Waals surface area contributed by atoms with E-state index < -0.39 is 13.0 Å². The maximum atomic E-state index is 2.59. The Kier molecular flexibility index (Phi) is 5.87. The van der Waals surface area contributed by atoms with Crippen molar-refractivity contribution in [3.63, 3.8) is 0 Å². The first-order chi connectivity index (χ1) is 16.3. The fraction of sp³-hybridized carbons (Fsp3) is 0.188. The van der Waals surface area contributed by atoms with E-state index in [1.165, 1.54) is 44.3 Å². The molecular weight excluding hydrogens is 426 g/mol. The quantitative estimate of drug-likeness (QED) is 0.225. The lowest BCUT2D eigenvalue weighted by Crippen LogP contribution is -2.59. The number of hydrogen-bond donors (Lipinski definition) is 0. The van der Waals surface area contributed by atoms with E-state index in [4.69, 9.17) is 0 Å². The standard InChI is InChI=1S/C32H34BP/c1-24-11-17-28(18-12-24)32-31(27-9-7-6-8-10-27)23-34(4,5)33(32,29-19-13-25(2)14-20-29)30-21-15-26(3)16-22-30/h6-22H,23H2,1-5H3. The Morgan fingerprint density at radius 1 is 0.529 bits per heavy atom. The molecule has 0 fully saturated rings. The van der Waals surface area contributed by atoms with E-state index in [1.807, 2.05) is 0 Å². The summed E-state index contributed by atoms with van der Waals surface area (Å²) in [6, 6.07) is 39.3. The van der Waals surface area contributed by atoms with Crippen molar-refractivity contribution in [2.75, 3.05) is 19.5 Å². The van der Waals surface area contributed by atoms with E-state index in [9.17, 15) is 0 Å². The van der Waals surface area contributed by atoms with Crippen LogP contribution in [-0.2, 0) is 0 Å². The summed E-state index contributed by atoms with van der Waals surface area (Å²) < 4.78 is 0. The summed E-state index contributed by atoms with van der Waals surface area (Å²) in [5, 5.41) is 0. The Hall–Kier alpha value is -2.89. The second-order valence-corrected chi connectivity index (χ2v) is 15.4. The molecule has 0 amide bonds. The molecule has 0 radical (unpaired) electrons. The summed E-state index contributed by atoms with van der Waals surface area (Å²) in [5.41, 5.74) is 12.7. The van der Waals surface area contributed by atoms with Crippen LogP contribution in [0, 0.1) is 20.8 Å². The average Bonchev–Trinajstić information content (AvgIpc) is 3.09. The molecule has 1 aliphatic heterocycles. The summed E-state index contributed by atoms with van der Waals surface area (Å²) in [6.45, 7) is 11.8. The number of allylic oxidation sites excluding steroid dienone is 1. The first-order valence-electron chi connectivity index (χ1n) is 12.3. The van der Waals surface area contributed by atoms with Crippen LogP contribution in [-0.4, -0.2) is 25.4 Å². The third-order valence-corrected chi connectivity index (χ3v) is 12.0. The monoisotopic (exact) mass is 460 g/mol. The van der Waals surface area contributed by atoms with Gasteiger partial charge in [0.05, 0.1) is 0 Å². The molecule has 0 aliphatic carbocycles. The third-order valence-electron chi connectivity index (χ3n) is 7.96. The van der Waals surface area contributed by atoms with Crippen LogP contribution in [0.2, 0.25) is 0 Å². The SMILES string of the molecule is Cc1ccc(C2=C(c3ccccc3)C[P+](C)(C)[B-]2(c2ccc(C)cc2)c2ccc(C)cc2)cc1. The van der Waals surface area contributed by atoms with Gasteiger partial charge in [-0.15, -0.1) is 12.6 Å². The molecule has 0 bridgehead atoms. The first kappa shape index (κ1) is 22.9. The van der Waals surface area contributed by atoms with Gasteiger partial charge < -0.3 is 0 Å². The molecule has 4 aromatic carbocycles. The van der Waals surface area contributed by atoms with E-state index >= 15 is 0 Å². The van der Waals surface area contributed by atoms with E-state index in [2.05, 4.69) is 137 Å². The van der Waals surface area contributed by atoms with Crippen LogP contribution in [0.4, 0.5) is 0 Å². The maximum absolute atomic E-state index is 2.59. The molecule has 0 atom stereocenters. The minimum absolute atomic E-state index is 1.12. The second kappa shape index (κ2) is 8.72. The zero-order valence-electron chi connectivity index (χ0n) is 21.0. The first-order valence-corrected chi connectivity index (χ1v) is 15.3. The normalized spacial score (nSPS) is 16.6. The lowest BCUT2D eigenvalue weighted by molar-refractivity contribution is 1.46. The summed E-state index contributed by atoms with van der Waals surface area (Å²) in [7, 11) is -1.47. The van der Waals surface area contributed by atoms with Crippen molar-refractivity contribution in [1.29, 1.82) is 0 Å². The van der Waals surface area contributed by atoms with Gasteiger partial charge in [-0.3, -0.25) is 0 Å². The molecule has 0 aromatic heterocycles. The zero-order chi connectivity index (χ0) is 23.9. The van der Waals surface area contributed by atoms with Gasteiger partial charge in [-0.1, -0.05) is 125 Å². The highest BCUT2D eigenvalue weighted by atomic mass is 31.2. The molecule has 170 valence electrons. The molecule has 0 saturated heterocycles. The minimum Gasteiger partial charge on any atom is -0.157 e. The second-order valence-electron chi connectivity index (χ2n) is 10.7. The highest BCUT2D eigenvalue weighted by Gasteiger charge is 2.57. The Balaban J connectivity index is 1.93. The molecule has 5 rings (SSSR count). The van der Waals surface area contributed by atoms with Crippen LogP contribution in [0.1, 0.15) is 27.8 Å². The predicted molar refractivity (Wildman–Crippen MR) is 155 cm³/mol. The molecule has 2 heteroatoms. The Bertz CT molecular complexity index is 1280. The van der Waals surface area contributed by atoms with Crippen molar-refractivity contribution in [1.82, 2.24) is 0 Å². The maximum Gasteiger partial charge on any atom is 0.247 e. The number of aryl methyl sites for hydroxylation is 3. The van der Waals surface area contributed by atoms with Crippen LogP contribution in [0.15, 0.2) is 103 Å². The van der Waals surface area contributed by atoms with Gasteiger partial charge in [0.15, 0.2) is 0 Å². The van der Waals surface area contributed by atoms with E-state index in [0.29, 0.717) is 0 Å². The van der Waals surface area contributed by atoms with Crippen molar-refractivity contribution in [3.8, 4) is 0 Å². The molecule has 0 saturated carbocycles. The Morgan fingerprint density at radius 2 is 0.971 bits per heavy atom. The predicted octanol–water partition coefficient (Wildman–Crippen LogP) is 7.11. The van der Waals surface area contributed by atoms with Crippen LogP contribution in [0.5, 0.6) is 0 Å². The van der Waals surface area contributed by atoms with E-state index in [1.54, 1.807) is 5.47 Å². The van der Waals surface area contributed by atoms with Gasteiger partial charge in [0.1, 0.15) is 0 Å². The molecule has 0 spiro atoms. The van der Waals surface area contributed by atoms with Crippen molar-refractivity contribution in [2.24, 2.45) is 0 Å². The third kappa shape index (κ3) is 3.68. The Morgan fingerprint density at radius 3 is 1.44 bits per heavy atom. The summed E-state index contributed by atoms with van der Waals surface area (Å²) >= 11 is 0. The molecule has 0 unspecified atom stereocenters. The van der Waals surface area contributed by atoms with Gasteiger partial charge >= 0.3 is 0 Å². The highest BCUT2D eigenvalue weighted by molar-refractivity contribution is 8.14. The molecule has 34 heavy (non-hydrogen) atoms.